The quantitative estimate of drug-likeness (QED) is 0.284. The highest BCUT2D eigenvalue weighted by molar-refractivity contribution is 7.25. The molecule has 0 radical (unpaired) electrons. The average molecular weight is 429 g/mol. The normalized spacial score (nSPS) is 11.3. The second kappa shape index (κ2) is 7.70. The van der Waals surface area contributed by atoms with Crippen LogP contribution in [-0.2, 0) is 0 Å². The van der Waals surface area contributed by atoms with Gasteiger partial charge in [0, 0.05) is 31.3 Å². The van der Waals surface area contributed by atoms with E-state index in [1.54, 1.807) is 0 Å². The molecule has 2 aromatic heterocycles. The fourth-order valence-corrected chi connectivity index (χ4v) is 5.46. The molecule has 0 amide bonds. The second-order valence-corrected chi connectivity index (χ2v) is 8.99. The van der Waals surface area contributed by atoms with E-state index in [9.17, 15) is 0 Å². The van der Waals surface area contributed by atoms with E-state index in [4.69, 9.17) is 9.97 Å². The topological polar surface area (TPSA) is 25.8 Å². The molecule has 3 heteroatoms. The van der Waals surface area contributed by atoms with Gasteiger partial charge >= 0.3 is 0 Å². The van der Waals surface area contributed by atoms with Gasteiger partial charge in [-0.15, -0.1) is 11.3 Å². The summed E-state index contributed by atoms with van der Waals surface area (Å²) in [7, 11) is 0. The molecule has 0 saturated carbocycles. The van der Waals surface area contributed by atoms with E-state index in [1.807, 2.05) is 24.3 Å². The van der Waals surface area contributed by atoms with Crippen LogP contribution in [0.4, 0.5) is 0 Å². The standard InChI is InChI=1S/C29H20N2S/c1-19-30-26(21-15-16-25-24-13-7-8-14-28(24)32-29(25)17-21)18-27(31-19)23-12-6-5-11-22(23)20-9-3-2-4-10-20/h2-18H,1H3. The largest absolute Gasteiger partial charge is 0.233 e. The van der Waals surface area contributed by atoms with Crippen LogP contribution in [0.1, 0.15) is 5.82 Å². The first-order valence-corrected chi connectivity index (χ1v) is 11.5. The van der Waals surface area contributed by atoms with Gasteiger partial charge in [0.1, 0.15) is 5.82 Å². The Kier molecular flexibility index (Phi) is 4.55. The molecule has 152 valence electrons. The van der Waals surface area contributed by atoms with Gasteiger partial charge in [0.25, 0.3) is 0 Å². The van der Waals surface area contributed by atoms with Crippen LogP contribution in [0.25, 0.3) is 53.8 Å². The number of aryl methyl sites for hydroxylation is 1. The van der Waals surface area contributed by atoms with Crippen molar-refractivity contribution in [2.45, 2.75) is 6.92 Å². The monoisotopic (exact) mass is 428 g/mol. The lowest BCUT2D eigenvalue weighted by molar-refractivity contribution is 1.06. The molecule has 0 fully saturated rings. The summed E-state index contributed by atoms with van der Waals surface area (Å²) in [6.07, 6.45) is 0. The van der Waals surface area contributed by atoms with Gasteiger partial charge in [-0.25, -0.2) is 9.97 Å². The molecule has 0 unspecified atom stereocenters. The Bertz CT molecular complexity index is 1580. The molecule has 6 rings (SSSR count). The molecule has 0 atom stereocenters. The number of thiophene rings is 1. The van der Waals surface area contributed by atoms with Crippen molar-refractivity contribution in [3.05, 3.63) is 109 Å². The van der Waals surface area contributed by atoms with E-state index in [1.165, 1.54) is 31.3 Å². The molecule has 2 heterocycles. The highest BCUT2D eigenvalue weighted by Gasteiger charge is 2.13. The predicted octanol–water partition coefficient (Wildman–Crippen LogP) is 8.15. The van der Waals surface area contributed by atoms with E-state index in [0.29, 0.717) is 0 Å². The van der Waals surface area contributed by atoms with E-state index in [-0.39, 0.29) is 0 Å². The lowest BCUT2D eigenvalue weighted by Crippen LogP contribution is -1.96. The Morgan fingerprint density at radius 3 is 2.09 bits per heavy atom. The number of aromatic nitrogens is 2. The number of fused-ring (bicyclic) bond motifs is 3. The van der Waals surface area contributed by atoms with Crippen LogP contribution < -0.4 is 0 Å². The molecular formula is C29H20N2S. The molecule has 2 nitrogen and oxygen atoms in total. The lowest BCUT2D eigenvalue weighted by Gasteiger charge is -2.11. The predicted molar refractivity (Wildman–Crippen MR) is 136 cm³/mol. The van der Waals surface area contributed by atoms with Crippen molar-refractivity contribution in [1.29, 1.82) is 0 Å². The van der Waals surface area contributed by atoms with Crippen molar-refractivity contribution in [2.24, 2.45) is 0 Å². The Labute approximate surface area is 190 Å². The zero-order chi connectivity index (χ0) is 21.5. The molecule has 32 heavy (non-hydrogen) atoms. The lowest BCUT2D eigenvalue weighted by atomic mass is 9.96. The second-order valence-electron chi connectivity index (χ2n) is 7.91. The number of hydrogen-bond acceptors (Lipinski definition) is 3. The summed E-state index contributed by atoms with van der Waals surface area (Å²) in [6, 6.07) is 36.3. The summed E-state index contributed by atoms with van der Waals surface area (Å²) < 4.78 is 2.60. The molecule has 0 aliphatic heterocycles. The minimum atomic E-state index is 0.775. The van der Waals surface area contributed by atoms with Crippen LogP contribution in [0.15, 0.2) is 103 Å². The van der Waals surface area contributed by atoms with Crippen LogP contribution in [0.5, 0.6) is 0 Å². The van der Waals surface area contributed by atoms with Crippen molar-refractivity contribution in [1.82, 2.24) is 9.97 Å². The summed E-state index contributed by atoms with van der Waals surface area (Å²) >= 11 is 1.83. The molecule has 0 bridgehead atoms. The Balaban J connectivity index is 1.50. The van der Waals surface area contributed by atoms with Crippen molar-refractivity contribution in [3.63, 3.8) is 0 Å². The highest BCUT2D eigenvalue weighted by atomic mass is 32.1. The summed E-state index contributed by atoms with van der Waals surface area (Å²) in [4.78, 5) is 9.59. The number of rotatable bonds is 3. The molecule has 0 aliphatic rings. The minimum Gasteiger partial charge on any atom is -0.233 e. The van der Waals surface area contributed by atoms with E-state index in [2.05, 4.69) is 97.1 Å². The van der Waals surface area contributed by atoms with Gasteiger partial charge in [-0.3, -0.25) is 0 Å². The van der Waals surface area contributed by atoms with Gasteiger partial charge in [0.2, 0.25) is 0 Å². The highest BCUT2D eigenvalue weighted by Crippen LogP contribution is 2.37. The summed E-state index contributed by atoms with van der Waals surface area (Å²) in [5.74, 6) is 0.775. The van der Waals surface area contributed by atoms with Gasteiger partial charge in [0.05, 0.1) is 11.4 Å². The van der Waals surface area contributed by atoms with Crippen molar-refractivity contribution in [3.8, 4) is 33.6 Å². The van der Waals surface area contributed by atoms with Gasteiger partial charge in [-0.2, -0.15) is 0 Å². The van der Waals surface area contributed by atoms with Crippen molar-refractivity contribution < 1.29 is 0 Å². The number of hydrogen-bond donors (Lipinski definition) is 0. The zero-order valence-electron chi connectivity index (χ0n) is 17.6. The third kappa shape index (κ3) is 3.28. The maximum absolute atomic E-state index is 4.80. The van der Waals surface area contributed by atoms with Crippen LogP contribution >= 0.6 is 11.3 Å². The molecular weight excluding hydrogens is 408 g/mol. The first kappa shape index (κ1) is 18.9. The van der Waals surface area contributed by atoms with Gasteiger partial charge in [-0.1, -0.05) is 84.9 Å². The fraction of sp³-hybridized carbons (Fsp3) is 0.0345. The Morgan fingerprint density at radius 2 is 1.22 bits per heavy atom. The molecule has 0 spiro atoms. The van der Waals surface area contributed by atoms with E-state index in [0.717, 1.165) is 28.3 Å². The van der Waals surface area contributed by atoms with E-state index < -0.39 is 0 Å². The van der Waals surface area contributed by atoms with Crippen LogP contribution in [0, 0.1) is 6.92 Å². The SMILES string of the molecule is Cc1nc(-c2ccc3c(c2)sc2ccccc23)cc(-c2ccccc2-c2ccccc2)n1. The Morgan fingerprint density at radius 1 is 0.531 bits per heavy atom. The molecule has 0 aliphatic carbocycles. The van der Waals surface area contributed by atoms with Crippen molar-refractivity contribution >= 4 is 31.5 Å². The third-order valence-corrected chi connectivity index (χ3v) is 6.93. The maximum Gasteiger partial charge on any atom is 0.126 e. The van der Waals surface area contributed by atoms with Gasteiger partial charge < -0.3 is 0 Å². The maximum atomic E-state index is 4.80. The zero-order valence-corrected chi connectivity index (χ0v) is 18.4. The number of nitrogens with zero attached hydrogens (tertiary/aromatic N) is 2. The number of benzene rings is 4. The van der Waals surface area contributed by atoms with Crippen LogP contribution in [0.3, 0.4) is 0 Å². The molecule has 6 aromatic rings. The van der Waals surface area contributed by atoms with Crippen LogP contribution in [0.2, 0.25) is 0 Å². The molecule has 4 aromatic carbocycles. The van der Waals surface area contributed by atoms with E-state index >= 15 is 0 Å². The van der Waals surface area contributed by atoms with Crippen molar-refractivity contribution in [2.75, 3.05) is 0 Å². The first-order valence-electron chi connectivity index (χ1n) is 10.7. The first-order chi connectivity index (χ1) is 15.8. The van der Waals surface area contributed by atoms with Crippen LogP contribution in [-0.4, -0.2) is 9.97 Å². The third-order valence-electron chi connectivity index (χ3n) is 5.80. The summed E-state index contributed by atoms with van der Waals surface area (Å²) in [5.41, 5.74) is 6.50. The molecule has 0 saturated heterocycles. The average Bonchev–Trinajstić information content (AvgIpc) is 3.22. The minimum absolute atomic E-state index is 0.775. The summed E-state index contributed by atoms with van der Waals surface area (Å²) in [5, 5.41) is 2.62. The molecule has 0 N–H and O–H groups in total. The Hall–Kier alpha value is -3.82. The van der Waals surface area contributed by atoms with Gasteiger partial charge in [0.15, 0.2) is 0 Å². The van der Waals surface area contributed by atoms with Gasteiger partial charge in [-0.05, 0) is 36.2 Å². The fourth-order valence-electron chi connectivity index (χ4n) is 4.31. The summed E-state index contributed by atoms with van der Waals surface area (Å²) in [6.45, 7) is 1.97. The smallest absolute Gasteiger partial charge is 0.126 e.